The minimum atomic E-state index is -0.379. The van der Waals surface area contributed by atoms with Crippen molar-refractivity contribution in [2.24, 2.45) is 0 Å². The number of aromatic nitrogens is 2. The number of carbonyl (C=O) groups excluding carboxylic acids is 2. The fourth-order valence-electron chi connectivity index (χ4n) is 4.77. The number of likely N-dealkylation sites (N-methyl/N-ethyl adjacent to an activating group) is 1. The standard InChI is InChI=1S/C24H32ClN5O3/c1-17-10-18(12-19(25)11-17)15-33-23(32)28-6-5-7-30-20(14-28)13-21(26-30)22(31)29-9-8-27(4)16-24(29,2)3/h10-13H,5-9,14-16H2,1-4H3. The zero-order valence-corrected chi connectivity index (χ0v) is 20.6. The Kier molecular flexibility index (Phi) is 6.68. The molecule has 3 heterocycles. The van der Waals surface area contributed by atoms with Crippen LogP contribution in [-0.4, -0.2) is 75.2 Å². The maximum atomic E-state index is 13.3. The molecule has 178 valence electrons. The van der Waals surface area contributed by atoms with E-state index >= 15 is 0 Å². The number of hydrogen-bond donors (Lipinski definition) is 0. The fraction of sp³-hybridized carbons (Fsp3) is 0.542. The zero-order valence-electron chi connectivity index (χ0n) is 19.8. The van der Waals surface area contributed by atoms with Crippen molar-refractivity contribution in [2.45, 2.75) is 52.4 Å². The molecular formula is C24H32ClN5O3. The second-order valence-corrected chi connectivity index (χ2v) is 10.2. The van der Waals surface area contributed by atoms with Gasteiger partial charge in [0, 0.05) is 37.7 Å². The molecule has 33 heavy (non-hydrogen) atoms. The second kappa shape index (κ2) is 9.35. The molecule has 0 radical (unpaired) electrons. The summed E-state index contributed by atoms with van der Waals surface area (Å²) in [5.41, 5.74) is 2.90. The number of ether oxygens (including phenoxy) is 1. The number of amides is 2. The molecular weight excluding hydrogens is 442 g/mol. The number of carbonyl (C=O) groups is 2. The van der Waals surface area contributed by atoms with Crippen LogP contribution in [0, 0.1) is 6.92 Å². The van der Waals surface area contributed by atoms with Gasteiger partial charge in [-0.3, -0.25) is 9.48 Å². The molecule has 0 spiro atoms. The van der Waals surface area contributed by atoms with E-state index in [0.29, 0.717) is 36.9 Å². The molecule has 8 nitrogen and oxygen atoms in total. The number of halogens is 1. The molecule has 1 aromatic carbocycles. The normalized spacial score (nSPS) is 18.6. The second-order valence-electron chi connectivity index (χ2n) is 9.72. The average molecular weight is 474 g/mol. The Morgan fingerprint density at radius 1 is 1.12 bits per heavy atom. The van der Waals surface area contributed by atoms with Gasteiger partial charge in [-0.25, -0.2) is 4.79 Å². The first-order chi connectivity index (χ1) is 15.6. The molecule has 1 saturated heterocycles. The molecule has 0 N–H and O–H groups in total. The topological polar surface area (TPSA) is 70.9 Å². The van der Waals surface area contributed by atoms with E-state index in [0.717, 1.165) is 36.3 Å². The predicted molar refractivity (Wildman–Crippen MR) is 126 cm³/mol. The summed E-state index contributed by atoms with van der Waals surface area (Å²) in [6, 6.07) is 7.44. The maximum absolute atomic E-state index is 13.3. The van der Waals surface area contributed by atoms with E-state index in [9.17, 15) is 9.59 Å². The zero-order chi connectivity index (χ0) is 23.8. The van der Waals surface area contributed by atoms with Crippen molar-refractivity contribution in [2.75, 3.05) is 33.2 Å². The Labute approximate surface area is 200 Å². The van der Waals surface area contributed by atoms with Gasteiger partial charge >= 0.3 is 6.09 Å². The van der Waals surface area contributed by atoms with Crippen molar-refractivity contribution < 1.29 is 14.3 Å². The van der Waals surface area contributed by atoms with Gasteiger partial charge in [-0.15, -0.1) is 0 Å². The first kappa shape index (κ1) is 23.6. The number of hydrogen-bond acceptors (Lipinski definition) is 5. The highest BCUT2D eigenvalue weighted by Crippen LogP contribution is 2.24. The number of nitrogens with zero attached hydrogens (tertiary/aromatic N) is 5. The highest BCUT2D eigenvalue weighted by atomic mass is 35.5. The van der Waals surface area contributed by atoms with Crippen LogP contribution in [0.25, 0.3) is 0 Å². The molecule has 0 atom stereocenters. The van der Waals surface area contributed by atoms with Crippen LogP contribution in [-0.2, 0) is 24.4 Å². The van der Waals surface area contributed by atoms with Gasteiger partial charge in [0.2, 0.25) is 0 Å². The van der Waals surface area contributed by atoms with Crippen LogP contribution in [0.4, 0.5) is 4.79 Å². The Balaban J connectivity index is 1.43. The van der Waals surface area contributed by atoms with Crippen molar-refractivity contribution in [3.8, 4) is 0 Å². The van der Waals surface area contributed by atoms with Gasteiger partial charge in [0.15, 0.2) is 5.69 Å². The van der Waals surface area contributed by atoms with Gasteiger partial charge in [-0.2, -0.15) is 5.10 Å². The smallest absolute Gasteiger partial charge is 0.410 e. The minimum Gasteiger partial charge on any atom is -0.445 e. The van der Waals surface area contributed by atoms with Crippen molar-refractivity contribution in [1.82, 2.24) is 24.5 Å². The third-order valence-electron chi connectivity index (χ3n) is 6.29. The summed E-state index contributed by atoms with van der Waals surface area (Å²) in [4.78, 5) is 31.9. The Hall–Kier alpha value is -2.58. The third-order valence-corrected chi connectivity index (χ3v) is 6.51. The minimum absolute atomic E-state index is 0.0564. The van der Waals surface area contributed by atoms with Gasteiger partial charge in [-0.1, -0.05) is 17.7 Å². The first-order valence-corrected chi connectivity index (χ1v) is 11.8. The number of fused-ring (bicyclic) bond motifs is 1. The SMILES string of the molecule is Cc1cc(Cl)cc(COC(=O)N2CCCn3nc(C(=O)N4CCN(C)CC4(C)C)cc3C2)c1. The Morgan fingerprint density at radius 3 is 2.64 bits per heavy atom. The highest BCUT2D eigenvalue weighted by Gasteiger charge is 2.37. The van der Waals surface area contributed by atoms with Crippen molar-refractivity contribution in [3.63, 3.8) is 0 Å². The Morgan fingerprint density at radius 2 is 1.91 bits per heavy atom. The fourth-order valence-corrected chi connectivity index (χ4v) is 5.08. The monoisotopic (exact) mass is 473 g/mol. The van der Waals surface area contributed by atoms with Gasteiger partial charge in [-0.05, 0) is 63.6 Å². The average Bonchev–Trinajstić information content (AvgIpc) is 3.01. The lowest BCUT2D eigenvalue weighted by Crippen LogP contribution is -2.60. The lowest BCUT2D eigenvalue weighted by atomic mass is 9.98. The largest absolute Gasteiger partial charge is 0.445 e. The summed E-state index contributed by atoms with van der Waals surface area (Å²) in [6.07, 6.45) is 0.364. The van der Waals surface area contributed by atoms with Gasteiger partial charge < -0.3 is 19.4 Å². The lowest BCUT2D eigenvalue weighted by Gasteiger charge is -2.45. The summed E-state index contributed by atoms with van der Waals surface area (Å²) in [5.74, 6) is -0.0564. The van der Waals surface area contributed by atoms with E-state index in [1.54, 1.807) is 11.0 Å². The predicted octanol–water partition coefficient (Wildman–Crippen LogP) is 3.55. The van der Waals surface area contributed by atoms with Gasteiger partial charge in [0.25, 0.3) is 5.91 Å². The van der Waals surface area contributed by atoms with E-state index in [-0.39, 0.29) is 24.1 Å². The number of piperazine rings is 1. The highest BCUT2D eigenvalue weighted by molar-refractivity contribution is 6.30. The van der Waals surface area contributed by atoms with Gasteiger partial charge in [0.05, 0.1) is 17.8 Å². The summed E-state index contributed by atoms with van der Waals surface area (Å²) in [6.45, 7) is 10.2. The van der Waals surface area contributed by atoms with Crippen molar-refractivity contribution >= 4 is 23.6 Å². The molecule has 2 aliphatic heterocycles. The first-order valence-electron chi connectivity index (χ1n) is 11.4. The van der Waals surface area contributed by atoms with Crippen LogP contribution in [0.15, 0.2) is 24.3 Å². The van der Waals surface area contributed by atoms with Crippen molar-refractivity contribution in [3.05, 3.63) is 51.8 Å². The van der Waals surface area contributed by atoms with E-state index < -0.39 is 0 Å². The molecule has 0 unspecified atom stereocenters. The molecule has 1 fully saturated rings. The summed E-state index contributed by atoms with van der Waals surface area (Å²) >= 11 is 6.11. The summed E-state index contributed by atoms with van der Waals surface area (Å²) < 4.78 is 7.40. The molecule has 9 heteroatoms. The molecule has 0 bridgehead atoms. The van der Waals surface area contributed by atoms with Gasteiger partial charge in [0.1, 0.15) is 6.61 Å². The number of benzene rings is 1. The van der Waals surface area contributed by atoms with Crippen LogP contribution in [0.1, 0.15) is 47.6 Å². The van der Waals surface area contributed by atoms with Crippen LogP contribution < -0.4 is 0 Å². The molecule has 0 saturated carbocycles. The number of rotatable bonds is 3. The Bertz CT molecular complexity index is 1030. The van der Waals surface area contributed by atoms with E-state index in [4.69, 9.17) is 16.3 Å². The molecule has 2 aromatic rings. The van der Waals surface area contributed by atoms with E-state index in [1.807, 2.05) is 34.7 Å². The van der Waals surface area contributed by atoms with Crippen LogP contribution >= 0.6 is 11.6 Å². The molecule has 4 rings (SSSR count). The third kappa shape index (κ3) is 5.33. The van der Waals surface area contributed by atoms with E-state index in [1.165, 1.54) is 0 Å². The summed E-state index contributed by atoms with van der Waals surface area (Å²) in [5, 5.41) is 5.22. The molecule has 0 aliphatic carbocycles. The molecule has 2 aliphatic rings. The summed E-state index contributed by atoms with van der Waals surface area (Å²) in [7, 11) is 2.07. The van der Waals surface area contributed by atoms with Crippen molar-refractivity contribution in [1.29, 1.82) is 0 Å². The van der Waals surface area contributed by atoms with E-state index in [2.05, 4.69) is 30.9 Å². The lowest BCUT2D eigenvalue weighted by molar-refractivity contribution is 0.0242. The van der Waals surface area contributed by atoms with Crippen LogP contribution in [0.5, 0.6) is 0 Å². The van der Waals surface area contributed by atoms with Crippen LogP contribution in [0.3, 0.4) is 0 Å². The quantitative estimate of drug-likeness (QED) is 0.681. The van der Waals surface area contributed by atoms with Crippen LogP contribution in [0.2, 0.25) is 5.02 Å². The molecule has 2 amide bonds. The number of aryl methyl sites for hydroxylation is 2. The maximum Gasteiger partial charge on any atom is 0.410 e. The molecule has 1 aromatic heterocycles.